The lowest BCUT2D eigenvalue weighted by molar-refractivity contribution is 0.768. The van der Waals surface area contributed by atoms with E-state index in [0.717, 1.165) is 28.2 Å². The predicted molar refractivity (Wildman–Crippen MR) is 256 cm³/mol. The average molecular weight is 777 g/mol. The second-order valence-corrected chi connectivity index (χ2v) is 16.0. The maximum Gasteiger partial charge on any atom is 0.0714 e. The van der Waals surface area contributed by atoms with Crippen molar-refractivity contribution in [2.75, 3.05) is 4.90 Å². The number of aromatic nitrogens is 1. The second kappa shape index (κ2) is 14.1. The lowest BCUT2D eigenvalue weighted by Gasteiger charge is -2.34. The van der Waals surface area contributed by atoms with Gasteiger partial charge < -0.3 is 9.47 Å². The first-order chi connectivity index (χ1) is 30.3. The molecule has 1 aliphatic rings. The molecule has 0 bridgehead atoms. The number of nitrogens with zero attached hydrogens (tertiary/aromatic N) is 2. The Morgan fingerprint density at radius 2 is 0.918 bits per heavy atom. The van der Waals surface area contributed by atoms with Crippen LogP contribution in [0.5, 0.6) is 0 Å². The molecule has 2 heteroatoms. The smallest absolute Gasteiger partial charge is 0.0714 e. The van der Waals surface area contributed by atoms with Gasteiger partial charge in [-0.2, -0.15) is 0 Å². The van der Waals surface area contributed by atoms with Crippen LogP contribution in [0.3, 0.4) is 0 Å². The minimum atomic E-state index is -0.490. The molecule has 0 atom stereocenters. The molecule has 10 aromatic carbocycles. The van der Waals surface area contributed by atoms with E-state index in [1.54, 1.807) is 0 Å². The van der Waals surface area contributed by atoms with Gasteiger partial charge in [-0.1, -0.05) is 200 Å². The van der Waals surface area contributed by atoms with E-state index in [1.807, 2.05) is 0 Å². The van der Waals surface area contributed by atoms with Crippen molar-refractivity contribution < 1.29 is 0 Å². The van der Waals surface area contributed by atoms with Crippen molar-refractivity contribution in [1.82, 2.24) is 4.57 Å². The zero-order valence-electron chi connectivity index (χ0n) is 33.5. The summed E-state index contributed by atoms with van der Waals surface area (Å²) in [4.78, 5) is 2.42. The third kappa shape index (κ3) is 5.29. The van der Waals surface area contributed by atoms with Gasteiger partial charge in [0.2, 0.25) is 0 Å². The molecule has 2 nitrogen and oxygen atoms in total. The lowest BCUT2D eigenvalue weighted by Crippen LogP contribution is -2.28. The summed E-state index contributed by atoms with van der Waals surface area (Å²) in [6, 6.07) is 89.0. The van der Waals surface area contributed by atoms with Crippen LogP contribution in [0.15, 0.2) is 243 Å². The Labute approximate surface area is 355 Å². The van der Waals surface area contributed by atoms with Gasteiger partial charge in [0.1, 0.15) is 0 Å². The molecule has 1 heterocycles. The minimum absolute atomic E-state index is 0.490. The van der Waals surface area contributed by atoms with Gasteiger partial charge in [-0.25, -0.2) is 0 Å². The van der Waals surface area contributed by atoms with Gasteiger partial charge in [0.15, 0.2) is 0 Å². The van der Waals surface area contributed by atoms with Gasteiger partial charge in [0, 0.05) is 33.0 Å². The molecule has 0 saturated heterocycles. The topological polar surface area (TPSA) is 8.17 Å². The second-order valence-electron chi connectivity index (χ2n) is 16.0. The summed E-state index contributed by atoms with van der Waals surface area (Å²) in [5.41, 5.74) is 16.4. The van der Waals surface area contributed by atoms with Crippen molar-refractivity contribution >= 4 is 49.6 Å². The summed E-state index contributed by atoms with van der Waals surface area (Å²) < 4.78 is 2.53. The summed E-state index contributed by atoms with van der Waals surface area (Å²) in [6.45, 7) is 0. The number of rotatable bonds is 7. The van der Waals surface area contributed by atoms with Crippen LogP contribution in [0.25, 0.3) is 60.5 Å². The Morgan fingerprint density at radius 3 is 1.70 bits per heavy atom. The SMILES string of the molecule is c1ccc(N(c2ccccc2-c2ccc3c4ccccc4n(-c4cccc5c4-c4ccccc4C5(c4ccccc4)c4ccccc4)c3c2)c2cccc3ccccc23)cc1. The van der Waals surface area contributed by atoms with Crippen molar-refractivity contribution in [3.8, 4) is 27.9 Å². The van der Waals surface area contributed by atoms with E-state index in [0.29, 0.717) is 0 Å². The first-order valence-corrected chi connectivity index (χ1v) is 21.1. The molecule has 0 spiro atoms. The highest BCUT2D eigenvalue weighted by molar-refractivity contribution is 6.12. The highest BCUT2D eigenvalue weighted by Gasteiger charge is 2.47. The van der Waals surface area contributed by atoms with E-state index in [-0.39, 0.29) is 0 Å². The molecule has 0 aliphatic heterocycles. The average Bonchev–Trinajstić information content (AvgIpc) is 3.83. The van der Waals surface area contributed by atoms with E-state index in [2.05, 4.69) is 252 Å². The van der Waals surface area contributed by atoms with Gasteiger partial charge in [0.05, 0.1) is 33.5 Å². The standard InChI is InChI=1S/C59H40N2/c1-4-22-43(23-5-1)59(44-24-6-2-7-25-44)51-32-15-12-31-50(51)58-52(59)33-19-37-56(58)61-55-35-17-14-30-48(55)49-39-38-42(40-57(49)61)47-29-13-16-34-53(47)60(45-26-8-3-9-27-45)54-36-18-21-41-20-10-11-28-46(41)54/h1-40H. The van der Waals surface area contributed by atoms with E-state index in [9.17, 15) is 0 Å². The summed E-state index contributed by atoms with van der Waals surface area (Å²) in [5, 5.41) is 4.89. The van der Waals surface area contributed by atoms with Gasteiger partial charge >= 0.3 is 0 Å². The first kappa shape index (κ1) is 35.0. The van der Waals surface area contributed by atoms with E-state index >= 15 is 0 Å². The fraction of sp³-hybridized carbons (Fsp3) is 0.0169. The first-order valence-electron chi connectivity index (χ1n) is 21.1. The van der Waals surface area contributed by atoms with Gasteiger partial charge in [-0.3, -0.25) is 0 Å². The van der Waals surface area contributed by atoms with Crippen LogP contribution in [0.1, 0.15) is 22.3 Å². The summed E-state index contributed by atoms with van der Waals surface area (Å²) in [6.07, 6.45) is 0. The van der Waals surface area contributed by atoms with Gasteiger partial charge in [-0.15, -0.1) is 0 Å². The van der Waals surface area contributed by atoms with E-state index < -0.39 is 5.41 Å². The lowest BCUT2D eigenvalue weighted by atomic mass is 9.68. The molecule has 12 rings (SSSR count). The molecule has 286 valence electrons. The van der Waals surface area contributed by atoms with Crippen LogP contribution in [-0.4, -0.2) is 4.57 Å². The summed E-state index contributed by atoms with van der Waals surface area (Å²) in [7, 11) is 0. The van der Waals surface area contributed by atoms with Gasteiger partial charge in [-0.05, 0) is 81.2 Å². The molecular formula is C59H40N2. The Kier molecular flexibility index (Phi) is 8.11. The van der Waals surface area contributed by atoms with Crippen molar-refractivity contribution in [2.45, 2.75) is 5.41 Å². The van der Waals surface area contributed by atoms with Crippen molar-refractivity contribution in [2.24, 2.45) is 0 Å². The van der Waals surface area contributed by atoms with Crippen LogP contribution in [0, 0.1) is 0 Å². The Bertz CT molecular complexity index is 3370. The van der Waals surface area contributed by atoms with Crippen molar-refractivity contribution in [1.29, 1.82) is 0 Å². The third-order valence-electron chi connectivity index (χ3n) is 12.9. The highest BCUT2D eigenvalue weighted by atomic mass is 15.1. The molecule has 0 unspecified atom stereocenters. The number of para-hydroxylation sites is 3. The molecule has 61 heavy (non-hydrogen) atoms. The molecule has 0 saturated carbocycles. The fourth-order valence-corrected chi connectivity index (χ4v) is 10.4. The largest absolute Gasteiger partial charge is 0.309 e. The number of benzene rings is 10. The fourth-order valence-electron chi connectivity index (χ4n) is 10.4. The van der Waals surface area contributed by atoms with Crippen LogP contribution < -0.4 is 4.90 Å². The molecular weight excluding hydrogens is 737 g/mol. The quantitative estimate of drug-likeness (QED) is 0.156. The van der Waals surface area contributed by atoms with Crippen LogP contribution >= 0.6 is 0 Å². The molecule has 0 radical (unpaired) electrons. The summed E-state index contributed by atoms with van der Waals surface area (Å²) >= 11 is 0. The molecule has 0 amide bonds. The molecule has 1 aromatic heterocycles. The predicted octanol–water partition coefficient (Wildman–Crippen LogP) is 15.4. The van der Waals surface area contributed by atoms with E-state index in [4.69, 9.17) is 0 Å². The highest BCUT2D eigenvalue weighted by Crippen LogP contribution is 2.58. The maximum absolute atomic E-state index is 2.53. The number of hydrogen-bond acceptors (Lipinski definition) is 1. The Morgan fingerprint density at radius 1 is 0.361 bits per heavy atom. The Balaban J connectivity index is 1.13. The monoisotopic (exact) mass is 776 g/mol. The van der Waals surface area contributed by atoms with Crippen molar-refractivity contribution in [3.63, 3.8) is 0 Å². The zero-order chi connectivity index (χ0) is 40.3. The number of hydrogen-bond donors (Lipinski definition) is 0. The van der Waals surface area contributed by atoms with Crippen LogP contribution in [0.2, 0.25) is 0 Å². The normalized spacial score (nSPS) is 12.7. The molecule has 0 N–H and O–H groups in total. The van der Waals surface area contributed by atoms with Crippen molar-refractivity contribution in [3.05, 3.63) is 265 Å². The van der Waals surface area contributed by atoms with Gasteiger partial charge in [0.25, 0.3) is 0 Å². The maximum atomic E-state index is 2.53. The third-order valence-corrected chi connectivity index (χ3v) is 12.9. The Hall–Kier alpha value is -7.94. The molecule has 11 aromatic rings. The number of anilines is 3. The number of fused-ring (bicyclic) bond motifs is 7. The van der Waals surface area contributed by atoms with E-state index in [1.165, 1.54) is 71.6 Å². The molecule has 0 fully saturated rings. The zero-order valence-corrected chi connectivity index (χ0v) is 33.5. The van der Waals surface area contributed by atoms with Crippen LogP contribution in [0.4, 0.5) is 17.1 Å². The van der Waals surface area contributed by atoms with Crippen LogP contribution in [-0.2, 0) is 5.41 Å². The minimum Gasteiger partial charge on any atom is -0.309 e. The summed E-state index contributed by atoms with van der Waals surface area (Å²) in [5.74, 6) is 0. The molecule has 1 aliphatic carbocycles.